The number of hydrogen-bond acceptors (Lipinski definition) is 4. The van der Waals surface area contributed by atoms with E-state index in [0.717, 1.165) is 34.0 Å². The standard InChI is InChI=1S/C28H25ClN4O2/c1-20-24(28(34)32(16-6-14-30)19-21-7-5-15-31-18-21)17-27(22-10-12-23(35-2)13-11-22)33(20)26-9-4-3-8-25(26)29/h3-5,7-13,15,17-18H,6,16,19H2,1-2H3. The van der Waals surface area contributed by atoms with Gasteiger partial charge in [-0.25, -0.2) is 0 Å². The number of pyridine rings is 1. The fourth-order valence-corrected chi connectivity index (χ4v) is 4.28. The van der Waals surface area contributed by atoms with Gasteiger partial charge in [0.2, 0.25) is 0 Å². The smallest absolute Gasteiger partial charge is 0.256 e. The number of nitrogens with zero attached hydrogens (tertiary/aromatic N) is 4. The molecule has 7 heteroatoms. The lowest BCUT2D eigenvalue weighted by Gasteiger charge is -2.22. The maximum absolute atomic E-state index is 13.8. The monoisotopic (exact) mass is 484 g/mol. The Bertz CT molecular complexity index is 1360. The van der Waals surface area contributed by atoms with Gasteiger partial charge >= 0.3 is 0 Å². The van der Waals surface area contributed by atoms with Gasteiger partial charge in [0.05, 0.1) is 41.6 Å². The predicted octanol–water partition coefficient (Wildman–Crippen LogP) is 6.07. The Morgan fingerprint density at radius 3 is 2.57 bits per heavy atom. The summed E-state index contributed by atoms with van der Waals surface area (Å²) in [6.45, 7) is 2.60. The minimum atomic E-state index is -0.151. The molecule has 2 aromatic carbocycles. The number of para-hydroxylation sites is 1. The number of hydrogen-bond donors (Lipinski definition) is 0. The summed E-state index contributed by atoms with van der Waals surface area (Å²) < 4.78 is 7.32. The lowest BCUT2D eigenvalue weighted by Crippen LogP contribution is -2.31. The van der Waals surface area contributed by atoms with Crippen LogP contribution in [0.15, 0.2) is 79.1 Å². The van der Waals surface area contributed by atoms with Crippen molar-refractivity contribution in [1.29, 1.82) is 5.26 Å². The number of halogens is 1. The minimum Gasteiger partial charge on any atom is -0.497 e. The Kier molecular flexibility index (Phi) is 7.49. The third-order valence-corrected chi connectivity index (χ3v) is 6.15. The van der Waals surface area contributed by atoms with E-state index < -0.39 is 0 Å². The zero-order valence-corrected chi connectivity index (χ0v) is 20.4. The number of amides is 1. The highest BCUT2D eigenvalue weighted by molar-refractivity contribution is 6.32. The van der Waals surface area contributed by atoms with Crippen molar-refractivity contribution < 1.29 is 9.53 Å². The Labute approximate surface area is 210 Å². The molecule has 0 atom stereocenters. The molecule has 0 radical (unpaired) electrons. The van der Waals surface area contributed by atoms with Crippen LogP contribution in [-0.4, -0.2) is 34.0 Å². The number of aromatic nitrogens is 2. The summed E-state index contributed by atoms with van der Waals surface area (Å²) in [7, 11) is 1.63. The Morgan fingerprint density at radius 2 is 1.91 bits per heavy atom. The maximum atomic E-state index is 13.8. The van der Waals surface area contributed by atoms with Crippen molar-refractivity contribution in [2.75, 3.05) is 13.7 Å². The van der Waals surface area contributed by atoms with Gasteiger partial charge in [0.1, 0.15) is 5.75 Å². The molecule has 2 aromatic heterocycles. The van der Waals surface area contributed by atoms with E-state index in [-0.39, 0.29) is 12.3 Å². The van der Waals surface area contributed by atoms with Crippen LogP contribution in [0.25, 0.3) is 16.9 Å². The van der Waals surface area contributed by atoms with E-state index in [4.69, 9.17) is 16.3 Å². The van der Waals surface area contributed by atoms with Crippen LogP contribution in [0, 0.1) is 18.3 Å². The molecule has 6 nitrogen and oxygen atoms in total. The zero-order chi connectivity index (χ0) is 24.8. The van der Waals surface area contributed by atoms with E-state index in [9.17, 15) is 10.1 Å². The molecule has 2 heterocycles. The number of ether oxygens (including phenoxy) is 1. The number of nitriles is 1. The van der Waals surface area contributed by atoms with E-state index in [1.807, 2.05) is 78.2 Å². The molecule has 0 fully saturated rings. The summed E-state index contributed by atoms with van der Waals surface area (Å²) in [5.74, 6) is 0.596. The fraction of sp³-hybridized carbons (Fsp3) is 0.179. The van der Waals surface area contributed by atoms with Crippen molar-refractivity contribution in [1.82, 2.24) is 14.5 Å². The van der Waals surface area contributed by atoms with Crippen molar-refractivity contribution in [3.63, 3.8) is 0 Å². The van der Waals surface area contributed by atoms with Gasteiger partial charge in [-0.2, -0.15) is 5.26 Å². The molecular formula is C28H25ClN4O2. The Morgan fingerprint density at radius 1 is 1.14 bits per heavy atom. The number of methoxy groups -OCH3 is 1. The van der Waals surface area contributed by atoms with E-state index in [1.165, 1.54) is 0 Å². The predicted molar refractivity (Wildman–Crippen MR) is 137 cm³/mol. The Balaban J connectivity index is 1.82. The Hall–Kier alpha value is -4.08. The first kappa shape index (κ1) is 24.1. The summed E-state index contributed by atoms with van der Waals surface area (Å²) in [5.41, 5.74) is 4.76. The van der Waals surface area contributed by atoms with Gasteiger partial charge in [0.15, 0.2) is 0 Å². The number of carbonyl (C=O) groups excluding carboxylic acids is 1. The fourth-order valence-electron chi connectivity index (χ4n) is 4.06. The zero-order valence-electron chi connectivity index (χ0n) is 19.6. The van der Waals surface area contributed by atoms with Crippen LogP contribution in [0.3, 0.4) is 0 Å². The molecule has 0 aliphatic carbocycles. The molecule has 35 heavy (non-hydrogen) atoms. The summed E-state index contributed by atoms with van der Waals surface area (Å²) in [4.78, 5) is 19.7. The third-order valence-electron chi connectivity index (χ3n) is 5.83. The van der Waals surface area contributed by atoms with Crippen LogP contribution in [-0.2, 0) is 6.54 Å². The number of carbonyl (C=O) groups is 1. The molecule has 0 aliphatic heterocycles. The molecule has 0 saturated heterocycles. The van der Waals surface area contributed by atoms with Crippen LogP contribution >= 0.6 is 11.6 Å². The average Bonchev–Trinajstić information content (AvgIpc) is 3.23. The van der Waals surface area contributed by atoms with Gasteiger partial charge in [-0.05, 0) is 66.6 Å². The number of benzene rings is 2. The van der Waals surface area contributed by atoms with Gasteiger partial charge < -0.3 is 14.2 Å². The van der Waals surface area contributed by atoms with Crippen molar-refractivity contribution in [3.05, 3.63) is 101 Å². The molecule has 4 rings (SSSR count). The maximum Gasteiger partial charge on any atom is 0.256 e. The van der Waals surface area contributed by atoms with Gasteiger partial charge in [-0.1, -0.05) is 29.8 Å². The largest absolute Gasteiger partial charge is 0.497 e. The van der Waals surface area contributed by atoms with Gasteiger partial charge in [-0.3, -0.25) is 9.78 Å². The van der Waals surface area contributed by atoms with Gasteiger partial charge in [0.25, 0.3) is 5.91 Å². The first-order valence-electron chi connectivity index (χ1n) is 11.2. The topological polar surface area (TPSA) is 71.2 Å². The third kappa shape index (κ3) is 5.21. The first-order chi connectivity index (χ1) is 17.0. The summed E-state index contributed by atoms with van der Waals surface area (Å²) in [6.07, 6.45) is 3.67. The highest BCUT2D eigenvalue weighted by atomic mass is 35.5. The van der Waals surface area contributed by atoms with E-state index in [1.54, 1.807) is 24.4 Å². The second-order valence-corrected chi connectivity index (χ2v) is 8.45. The van der Waals surface area contributed by atoms with Gasteiger partial charge in [0, 0.05) is 31.2 Å². The summed E-state index contributed by atoms with van der Waals surface area (Å²) >= 11 is 6.59. The second-order valence-electron chi connectivity index (χ2n) is 8.04. The highest BCUT2D eigenvalue weighted by Gasteiger charge is 2.24. The van der Waals surface area contributed by atoms with Crippen molar-refractivity contribution in [2.24, 2.45) is 0 Å². The van der Waals surface area contributed by atoms with E-state index >= 15 is 0 Å². The molecular weight excluding hydrogens is 460 g/mol. The summed E-state index contributed by atoms with van der Waals surface area (Å²) in [6, 6.07) is 23.0. The average molecular weight is 485 g/mol. The molecule has 4 aromatic rings. The van der Waals surface area contributed by atoms with Crippen LogP contribution < -0.4 is 4.74 Å². The quantitative estimate of drug-likeness (QED) is 0.304. The van der Waals surface area contributed by atoms with Crippen LogP contribution in [0.5, 0.6) is 5.75 Å². The van der Waals surface area contributed by atoms with Crippen LogP contribution in [0.2, 0.25) is 5.02 Å². The summed E-state index contributed by atoms with van der Waals surface area (Å²) in [5, 5.41) is 9.76. The number of rotatable bonds is 8. The van der Waals surface area contributed by atoms with Crippen LogP contribution in [0.4, 0.5) is 0 Å². The molecule has 0 aliphatic rings. The molecule has 0 unspecified atom stereocenters. The van der Waals surface area contributed by atoms with E-state index in [2.05, 4.69) is 11.1 Å². The molecule has 1 amide bonds. The highest BCUT2D eigenvalue weighted by Crippen LogP contribution is 2.34. The van der Waals surface area contributed by atoms with Crippen molar-refractivity contribution in [2.45, 2.75) is 19.9 Å². The van der Waals surface area contributed by atoms with Crippen molar-refractivity contribution >= 4 is 17.5 Å². The van der Waals surface area contributed by atoms with E-state index in [0.29, 0.717) is 23.7 Å². The molecule has 0 bridgehead atoms. The molecule has 0 saturated carbocycles. The lowest BCUT2D eigenvalue weighted by atomic mass is 10.1. The SMILES string of the molecule is COc1ccc(-c2cc(C(=O)N(CCC#N)Cc3cccnc3)c(C)n2-c2ccccc2Cl)cc1. The molecule has 176 valence electrons. The molecule has 0 N–H and O–H groups in total. The normalized spacial score (nSPS) is 10.6. The minimum absolute atomic E-state index is 0.151. The molecule has 0 spiro atoms. The van der Waals surface area contributed by atoms with Crippen molar-refractivity contribution in [3.8, 4) is 28.8 Å². The second kappa shape index (κ2) is 10.9. The lowest BCUT2D eigenvalue weighted by molar-refractivity contribution is 0.0746. The van der Waals surface area contributed by atoms with Crippen LogP contribution in [0.1, 0.15) is 28.0 Å². The van der Waals surface area contributed by atoms with Gasteiger partial charge in [-0.15, -0.1) is 0 Å². The first-order valence-corrected chi connectivity index (χ1v) is 11.6.